The average molecular weight is 371 g/mol. The quantitative estimate of drug-likeness (QED) is 0.549. The number of fused-ring (bicyclic) bond motifs is 1. The Kier molecular flexibility index (Phi) is 5.37. The zero-order valence-electron chi connectivity index (χ0n) is 14.4. The summed E-state index contributed by atoms with van der Waals surface area (Å²) >= 11 is 1.20. The molecule has 0 aliphatic carbocycles. The number of aromatic nitrogens is 2. The van der Waals surface area contributed by atoms with E-state index in [0.717, 1.165) is 0 Å². The van der Waals surface area contributed by atoms with Crippen LogP contribution < -0.4 is 10.9 Å². The van der Waals surface area contributed by atoms with Crippen LogP contribution in [0.1, 0.15) is 13.8 Å². The van der Waals surface area contributed by atoms with Gasteiger partial charge in [0.2, 0.25) is 5.91 Å². The molecular formula is C19H18FN3O2S. The maximum Gasteiger partial charge on any atom is 0.262 e. The third-order valence-corrected chi connectivity index (χ3v) is 4.98. The van der Waals surface area contributed by atoms with Gasteiger partial charge in [-0.05, 0) is 44.2 Å². The molecule has 2 aromatic carbocycles. The van der Waals surface area contributed by atoms with Gasteiger partial charge in [0.25, 0.3) is 5.56 Å². The van der Waals surface area contributed by atoms with E-state index in [0.29, 0.717) is 28.3 Å². The Labute approximate surface area is 154 Å². The Morgan fingerprint density at radius 3 is 2.77 bits per heavy atom. The van der Waals surface area contributed by atoms with E-state index in [1.54, 1.807) is 35.8 Å². The average Bonchev–Trinajstić information content (AvgIpc) is 2.62. The van der Waals surface area contributed by atoms with Crippen LogP contribution >= 0.6 is 11.8 Å². The summed E-state index contributed by atoms with van der Waals surface area (Å²) in [6.07, 6.45) is 0. The van der Waals surface area contributed by atoms with Gasteiger partial charge in [0.15, 0.2) is 5.16 Å². The van der Waals surface area contributed by atoms with E-state index in [1.165, 1.54) is 30.0 Å². The van der Waals surface area contributed by atoms with Gasteiger partial charge >= 0.3 is 0 Å². The summed E-state index contributed by atoms with van der Waals surface area (Å²) in [7, 11) is 0. The zero-order chi connectivity index (χ0) is 18.7. The summed E-state index contributed by atoms with van der Waals surface area (Å²) in [6.45, 7) is 4.04. The minimum absolute atomic E-state index is 0.127. The molecule has 1 aromatic heterocycles. The van der Waals surface area contributed by atoms with Gasteiger partial charge in [0.05, 0.1) is 16.2 Å². The molecule has 0 saturated heterocycles. The van der Waals surface area contributed by atoms with Crippen molar-refractivity contribution < 1.29 is 9.18 Å². The number of nitrogens with one attached hydrogen (secondary N) is 1. The molecule has 1 N–H and O–H groups in total. The Morgan fingerprint density at radius 2 is 2.04 bits per heavy atom. The van der Waals surface area contributed by atoms with E-state index in [1.807, 2.05) is 13.0 Å². The van der Waals surface area contributed by atoms with Crippen LogP contribution in [-0.4, -0.2) is 20.7 Å². The first kappa shape index (κ1) is 18.1. The van der Waals surface area contributed by atoms with E-state index in [9.17, 15) is 14.0 Å². The number of amides is 1. The van der Waals surface area contributed by atoms with Crippen LogP contribution in [0.4, 0.5) is 10.1 Å². The Bertz CT molecular complexity index is 1020. The molecule has 7 heteroatoms. The summed E-state index contributed by atoms with van der Waals surface area (Å²) in [6, 6.07) is 12.9. The van der Waals surface area contributed by atoms with Crippen LogP contribution in [0.5, 0.6) is 0 Å². The second-order valence-corrected chi connectivity index (χ2v) is 7.03. The molecule has 0 aliphatic heterocycles. The van der Waals surface area contributed by atoms with Crippen LogP contribution in [0.25, 0.3) is 10.9 Å². The van der Waals surface area contributed by atoms with Crippen LogP contribution in [-0.2, 0) is 11.3 Å². The number of halogens is 1. The Hall–Kier alpha value is -2.67. The van der Waals surface area contributed by atoms with Gasteiger partial charge in [-0.25, -0.2) is 9.37 Å². The molecule has 3 aromatic rings. The minimum Gasteiger partial charge on any atom is -0.325 e. The van der Waals surface area contributed by atoms with E-state index in [2.05, 4.69) is 10.3 Å². The van der Waals surface area contributed by atoms with Crippen molar-refractivity contribution in [3.8, 4) is 0 Å². The largest absolute Gasteiger partial charge is 0.325 e. The van der Waals surface area contributed by atoms with Crippen molar-refractivity contribution in [2.24, 2.45) is 0 Å². The summed E-state index contributed by atoms with van der Waals surface area (Å²) in [5.41, 5.74) is 0.863. The number of thioether (sulfide) groups is 1. The Morgan fingerprint density at radius 1 is 1.27 bits per heavy atom. The molecule has 0 bridgehead atoms. The molecule has 0 radical (unpaired) electrons. The van der Waals surface area contributed by atoms with Gasteiger partial charge in [-0.15, -0.1) is 0 Å². The van der Waals surface area contributed by atoms with Crippen molar-refractivity contribution in [3.63, 3.8) is 0 Å². The normalized spacial score (nSPS) is 12.1. The molecular weight excluding hydrogens is 353 g/mol. The van der Waals surface area contributed by atoms with Crippen LogP contribution in [0.2, 0.25) is 0 Å². The summed E-state index contributed by atoms with van der Waals surface area (Å²) in [5.74, 6) is -0.704. The smallest absolute Gasteiger partial charge is 0.262 e. The highest BCUT2D eigenvalue weighted by Crippen LogP contribution is 2.23. The monoisotopic (exact) mass is 371 g/mol. The number of carbonyl (C=O) groups is 1. The molecule has 1 heterocycles. The van der Waals surface area contributed by atoms with Gasteiger partial charge in [-0.1, -0.05) is 30.0 Å². The molecule has 3 rings (SSSR count). The molecule has 0 spiro atoms. The predicted molar refractivity (Wildman–Crippen MR) is 102 cm³/mol. The van der Waals surface area contributed by atoms with Gasteiger partial charge in [-0.2, -0.15) is 0 Å². The number of hydrogen-bond acceptors (Lipinski definition) is 4. The number of hydrogen-bond donors (Lipinski definition) is 1. The van der Waals surface area contributed by atoms with Crippen molar-refractivity contribution in [2.75, 3.05) is 5.32 Å². The van der Waals surface area contributed by atoms with Crippen molar-refractivity contribution >= 4 is 34.3 Å². The van der Waals surface area contributed by atoms with Gasteiger partial charge in [-0.3, -0.25) is 14.2 Å². The second-order valence-electron chi connectivity index (χ2n) is 5.72. The lowest BCUT2D eigenvalue weighted by Gasteiger charge is -2.15. The van der Waals surface area contributed by atoms with Crippen LogP contribution in [0.15, 0.2) is 58.5 Å². The van der Waals surface area contributed by atoms with E-state index >= 15 is 0 Å². The lowest BCUT2D eigenvalue weighted by atomic mass is 10.2. The van der Waals surface area contributed by atoms with Crippen molar-refractivity contribution in [1.82, 2.24) is 9.55 Å². The first-order valence-electron chi connectivity index (χ1n) is 8.22. The predicted octanol–water partition coefficient (Wildman–Crippen LogP) is 3.67. The summed E-state index contributed by atoms with van der Waals surface area (Å²) in [4.78, 5) is 29.6. The highest BCUT2D eigenvalue weighted by atomic mass is 32.2. The molecule has 5 nitrogen and oxygen atoms in total. The third-order valence-electron chi connectivity index (χ3n) is 3.89. The SMILES string of the molecule is CCn1c(SC(C)C(=O)Nc2cccc(F)c2)nc2ccccc2c1=O. The standard InChI is InChI=1S/C19H18FN3O2S/c1-3-23-18(25)15-9-4-5-10-16(15)22-19(23)26-12(2)17(24)21-14-8-6-7-13(20)11-14/h4-12H,3H2,1-2H3,(H,21,24). The fourth-order valence-corrected chi connectivity index (χ4v) is 3.51. The van der Waals surface area contributed by atoms with Crippen LogP contribution in [0, 0.1) is 5.82 Å². The second kappa shape index (κ2) is 7.70. The summed E-state index contributed by atoms with van der Waals surface area (Å²) < 4.78 is 14.8. The van der Waals surface area contributed by atoms with Crippen molar-refractivity contribution in [1.29, 1.82) is 0 Å². The highest BCUT2D eigenvalue weighted by molar-refractivity contribution is 8.00. The van der Waals surface area contributed by atoms with E-state index in [-0.39, 0.29) is 11.5 Å². The highest BCUT2D eigenvalue weighted by Gasteiger charge is 2.19. The van der Waals surface area contributed by atoms with Crippen molar-refractivity contribution in [3.05, 3.63) is 64.7 Å². The van der Waals surface area contributed by atoms with E-state index in [4.69, 9.17) is 0 Å². The topological polar surface area (TPSA) is 64.0 Å². The van der Waals surface area contributed by atoms with Gasteiger partial charge in [0.1, 0.15) is 5.82 Å². The first-order chi connectivity index (χ1) is 12.5. The maximum atomic E-state index is 13.3. The summed E-state index contributed by atoms with van der Waals surface area (Å²) in [5, 5.41) is 3.20. The number of carbonyl (C=O) groups excluding carboxylic acids is 1. The lowest BCUT2D eigenvalue weighted by Crippen LogP contribution is -2.26. The minimum atomic E-state index is -0.510. The fraction of sp³-hybridized carbons (Fsp3) is 0.211. The molecule has 0 aliphatic rings. The van der Waals surface area contributed by atoms with E-state index < -0.39 is 11.1 Å². The molecule has 134 valence electrons. The van der Waals surface area contributed by atoms with Gasteiger partial charge in [0, 0.05) is 12.2 Å². The number of rotatable bonds is 5. The zero-order valence-corrected chi connectivity index (χ0v) is 15.2. The molecule has 1 amide bonds. The molecule has 0 fully saturated rings. The van der Waals surface area contributed by atoms with Crippen molar-refractivity contribution in [2.45, 2.75) is 30.8 Å². The Balaban J connectivity index is 1.85. The molecule has 1 atom stereocenters. The number of nitrogens with zero attached hydrogens (tertiary/aromatic N) is 2. The van der Waals surface area contributed by atoms with Crippen LogP contribution in [0.3, 0.4) is 0 Å². The number of anilines is 1. The maximum absolute atomic E-state index is 13.3. The molecule has 1 unspecified atom stereocenters. The third kappa shape index (κ3) is 3.77. The molecule has 0 saturated carbocycles. The lowest BCUT2D eigenvalue weighted by molar-refractivity contribution is -0.115. The number of para-hydroxylation sites is 1. The molecule has 26 heavy (non-hydrogen) atoms. The fourth-order valence-electron chi connectivity index (χ4n) is 2.54. The number of benzene rings is 2. The van der Waals surface area contributed by atoms with Gasteiger partial charge < -0.3 is 5.32 Å². The first-order valence-corrected chi connectivity index (χ1v) is 9.10.